The molecule has 4 aromatic rings. The first-order valence-electron chi connectivity index (χ1n) is 10.8. The van der Waals surface area contributed by atoms with Crippen molar-refractivity contribution in [3.8, 4) is 0 Å². The van der Waals surface area contributed by atoms with E-state index in [9.17, 15) is 0 Å². The summed E-state index contributed by atoms with van der Waals surface area (Å²) in [5, 5.41) is 5.71. The molecular formula is C27H25N5. The number of aliphatic imine (C=N–C) groups is 1. The molecule has 3 aromatic carbocycles. The second kappa shape index (κ2) is 8.63. The van der Waals surface area contributed by atoms with Gasteiger partial charge < -0.3 is 11.1 Å². The molecule has 32 heavy (non-hydrogen) atoms. The van der Waals surface area contributed by atoms with Crippen molar-refractivity contribution in [1.82, 2.24) is 9.97 Å². The van der Waals surface area contributed by atoms with E-state index in [1.165, 1.54) is 10.9 Å². The van der Waals surface area contributed by atoms with Crippen LogP contribution in [0.5, 0.6) is 0 Å². The Labute approximate surface area is 187 Å². The van der Waals surface area contributed by atoms with Gasteiger partial charge in [0.1, 0.15) is 0 Å². The fourth-order valence-electron chi connectivity index (χ4n) is 4.26. The number of benzene rings is 3. The third kappa shape index (κ3) is 3.85. The van der Waals surface area contributed by atoms with Crippen molar-refractivity contribution < 1.29 is 0 Å². The molecule has 5 nitrogen and oxygen atoms in total. The Morgan fingerprint density at radius 3 is 2.59 bits per heavy atom. The Hall–Kier alpha value is -3.99. The average Bonchev–Trinajstić information content (AvgIpc) is 2.84. The van der Waals surface area contributed by atoms with E-state index in [0.29, 0.717) is 12.4 Å². The molecule has 0 amide bonds. The van der Waals surface area contributed by atoms with Crippen molar-refractivity contribution in [3.63, 3.8) is 0 Å². The number of nitrogens with two attached hydrogens (primary N) is 1. The third-order valence-corrected chi connectivity index (χ3v) is 5.90. The largest absolute Gasteiger partial charge is 0.401 e. The van der Waals surface area contributed by atoms with Crippen molar-refractivity contribution in [3.05, 3.63) is 102 Å². The van der Waals surface area contributed by atoms with Crippen LogP contribution in [0.2, 0.25) is 0 Å². The van der Waals surface area contributed by atoms with E-state index in [2.05, 4.69) is 45.6 Å². The minimum Gasteiger partial charge on any atom is -0.401 e. The van der Waals surface area contributed by atoms with E-state index in [1.54, 1.807) is 0 Å². The minimum absolute atomic E-state index is 0.558. The van der Waals surface area contributed by atoms with Crippen molar-refractivity contribution in [2.24, 2.45) is 10.7 Å². The number of aryl methyl sites for hydroxylation is 1. The number of hydrogen-bond donors (Lipinski definition) is 2. The molecule has 0 fully saturated rings. The van der Waals surface area contributed by atoms with Gasteiger partial charge in [0.15, 0.2) is 0 Å². The SMILES string of the molecule is CN=C(Cc1ccccc1)C1=C(N)CCc2cnc(Nc3cccc4ccccc34)nc21. The van der Waals surface area contributed by atoms with E-state index in [-0.39, 0.29) is 0 Å². The fraction of sp³-hybridized carbons (Fsp3) is 0.148. The summed E-state index contributed by atoms with van der Waals surface area (Å²) >= 11 is 0. The summed E-state index contributed by atoms with van der Waals surface area (Å²) in [7, 11) is 1.82. The number of nitrogens with one attached hydrogen (secondary N) is 1. The predicted molar refractivity (Wildman–Crippen MR) is 132 cm³/mol. The lowest BCUT2D eigenvalue weighted by molar-refractivity contribution is 0.880. The zero-order valence-electron chi connectivity index (χ0n) is 18.0. The number of fused-ring (bicyclic) bond motifs is 2. The summed E-state index contributed by atoms with van der Waals surface area (Å²) in [4.78, 5) is 14.1. The lowest BCUT2D eigenvalue weighted by Gasteiger charge is -2.22. The van der Waals surface area contributed by atoms with Crippen LogP contribution in [0.25, 0.3) is 16.3 Å². The monoisotopic (exact) mass is 419 g/mol. The van der Waals surface area contributed by atoms with Crippen molar-refractivity contribution in [2.75, 3.05) is 12.4 Å². The molecule has 5 heteroatoms. The first-order valence-corrected chi connectivity index (χ1v) is 10.8. The molecule has 1 heterocycles. The molecule has 0 radical (unpaired) electrons. The molecule has 0 atom stereocenters. The van der Waals surface area contributed by atoms with Crippen LogP contribution < -0.4 is 11.1 Å². The second-order valence-corrected chi connectivity index (χ2v) is 7.95. The summed E-state index contributed by atoms with van der Waals surface area (Å²) in [6.07, 6.45) is 4.25. The van der Waals surface area contributed by atoms with Gasteiger partial charge in [-0.15, -0.1) is 0 Å². The number of aromatic nitrogens is 2. The van der Waals surface area contributed by atoms with Gasteiger partial charge in [-0.2, -0.15) is 0 Å². The molecule has 3 N–H and O–H groups in total. The lowest BCUT2D eigenvalue weighted by atomic mass is 9.88. The lowest BCUT2D eigenvalue weighted by Crippen LogP contribution is -2.20. The summed E-state index contributed by atoms with van der Waals surface area (Å²) < 4.78 is 0. The van der Waals surface area contributed by atoms with Crippen LogP contribution in [0.15, 0.2) is 89.7 Å². The average molecular weight is 420 g/mol. The maximum Gasteiger partial charge on any atom is 0.227 e. The highest BCUT2D eigenvalue weighted by molar-refractivity contribution is 6.25. The Bertz CT molecular complexity index is 1330. The number of anilines is 2. The number of rotatable bonds is 5. The van der Waals surface area contributed by atoms with Crippen molar-refractivity contribution in [2.45, 2.75) is 19.3 Å². The Kier molecular flexibility index (Phi) is 5.38. The van der Waals surface area contributed by atoms with Crippen LogP contribution in [-0.4, -0.2) is 22.7 Å². The quantitative estimate of drug-likeness (QED) is 0.430. The van der Waals surface area contributed by atoms with E-state index >= 15 is 0 Å². The maximum absolute atomic E-state index is 6.52. The molecule has 0 saturated heterocycles. The molecule has 0 unspecified atom stereocenters. The molecular weight excluding hydrogens is 394 g/mol. The van der Waals surface area contributed by atoms with E-state index in [0.717, 1.165) is 52.2 Å². The van der Waals surface area contributed by atoms with Gasteiger partial charge in [-0.25, -0.2) is 9.97 Å². The predicted octanol–water partition coefficient (Wildman–Crippen LogP) is 5.30. The third-order valence-electron chi connectivity index (χ3n) is 5.90. The van der Waals surface area contributed by atoms with Crippen LogP contribution in [-0.2, 0) is 12.8 Å². The molecule has 1 aliphatic rings. The molecule has 158 valence electrons. The molecule has 0 spiro atoms. The van der Waals surface area contributed by atoms with Crippen LogP contribution in [0.3, 0.4) is 0 Å². The number of hydrogen-bond acceptors (Lipinski definition) is 5. The van der Waals surface area contributed by atoms with Crippen LogP contribution in [0.4, 0.5) is 11.6 Å². The molecule has 1 aliphatic carbocycles. The Balaban J connectivity index is 1.52. The van der Waals surface area contributed by atoms with Gasteiger partial charge in [-0.1, -0.05) is 66.7 Å². The van der Waals surface area contributed by atoms with Crippen LogP contribution >= 0.6 is 0 Å². The summed E-state index contributed by atoms with van der Waals surface area (Å²) in [5.41, 5.74) is 13.4. The fourth-order valence-corrected chi connectivity index (χ4v) is 4.26. The van der Waals surface area contributed by atoms with Gasteiger partial charge >= 0.3 is 0 Å². The van der Waals surface area contributed by atoms with Gasteiger partial charge in [0.2, 0.25) is 5.95 Å². The molecule has 1 aromatic heterocycles. The molecule has 5 rings (SSSR count). The van der Waals surface area contributed by atoms with Crippen LogP contribution in [0, 0.1) is 0 Å². The van der Waals surface area contributed by atoms with Gasteiger partial charge in [0, 0.05) is 47.7 Å². The standard InChI is InChI=1S/C27H25N5/c1-29-24(16-18-8-3-2-4-9-18)25-22(28)15-14-20-17-30-27(32-26(20)25)31-23-13-7-11-19-10-5-6-12-21(19)23/h2-13,17H,14-16,28H2,1H3,(H,30,31,32). The first-order chi connectivity index (χ1) is 15.7. The molecule has 0 bridgehead atoms. The van der Waals surface area contributed by atoms with Crippen molar-refractivity contribution >= 4 is 33.7 Å². The van der Waals surface area contributed by atoms with Gasteiger partial charge in [0.25, 0.3) is 0 Å². The Morgan fingerprint density at radius 2 is 1.75 bits per heavy atom. The topological polar surface area (TPSA) is 76.2 Å². The highest BCUT2D eigenvalue weighted by Gasteiger charge is 2.24. The van der Waals surface area contributed by atoms with E-state index in [1.807, 2.05) is 55.7 Å². The second-order valence-electron chi connectivity index (χ2n) is 7.95. The van der Waals surface area contributed by atoms with Crippen LogP contribution in [0.1, 0.15) is 23.2 Å². The molecule has 0 aliphatic heterocycles. The number of allylic oxidation sites excluding steroid dienone is 2. The zero-order valence-corrected chi connectivity index (χ0v) is 18.0. The smallest absolute Gasteiger partial charge is 0.227 e. The van der Waals surface area contributed by atoms with E-state index < -0.39 is 0 Å². The zero-order chi connectivity index (χ0) is 21.9. The normalized spacial score (nSPS) is 13.8. The summed E-state index contributed by atoms with van der Waals surface area (Å²) in [6, 6.07) is 24.8. The maximum atomic E-state index is 6.52. The summed E-state index contributed by atoms with van der Waals surface area (Å²) in [6.45, 7) is 0. The highest BCUT2D eigenvalue weighted by Crippen LogP contribution is 2.31. The molecule has 0 saturated carbocycles. The van der Waals surface area contributed by atoms with Gasteiger partial charge in [-0.05, 0) is 35.4 Å². The first kappa shape index (κ1) is 19.9. The summed E-state index contributed by atoms with van der Waals surface area (Å²) in [5.74, 6) is 0.558. The number of nitrogens with zero attached hydrogens (tertiary/aromatic N) is 3. The minimum atomic E-state index is 0.558. The Morgan fingerprint density at radius 1 is 0.969 bits per heavy atom. The van der Waals surface area contributed by atoms with Gasteiger partial charge in [-0.3, -0.25) is 4.99 Å². The van der Waals surface area contributed by atoms with E-state index in [4.69, 9.17) is 10.7 Å². The van der Waals surface area contributed by atoms with Crippen molar-refractivity contribution in [1.29, 1.82) is 0 Å². The highest BCUT2D eigenvalue weighted by atomic mass is 15.1. The van der Waals surface area contributed by atoms with Gasteiger partial charge in [0.05, 0.1) is 5.69 Å².